The maximum absolute atomic E-state index is 10.2. The summed E-state index contributed by atoms with van der Waals surface area (Å²) in [6.07, 6.45) is 17.8. The molecule has 4 aliphatic carbocycles. The summed E-state index contributed by atoms with van der Waals surface area (Å²) in [6.45, 7) is 14.7. The molecule has 0 bridgehead atoms. The summed E-state index contributed by atoms with van der Waals surface area (Å²) in [5.74, 6) is 5.25. The molecule has 4 rings (SSSR count). The van der Waals surface area contributed by atoms with Crippen molar-refractivity contribution in [3.8, 4) is 0 Å². The number of aliphatic hydroxyl groups excluding tert-OH is 1. The molecule has 9 atom stereocenters. The van der Waals surface area contributed by atoms with Crippen LogP contribution in [-0.4, -0.2) is 11.2 Å². The quantitative estimate of drug-likeness (QED) is 0.489. The maximum Gasteiger partial charge on any atom is 0.0543 e. The van der Waals surface area contributed by atoms with Crippen LogP contribution < -0.4 is 0 Å². The predicted octanol–water partition coefficient (Wildman–Crippen LogP) is 7.41. The summed E-state index contributed by atoms with van der Waals surface area (Å²) in [6, 6.07) is 0. The van der Waals surface area contributed by atoms with Gasteiger partial charge in [0.25, 0.3) is 0 Å². The van der Waals surface area contributed by atoms with Crippen molar-refractivity contribution in [2.75, 3.05) is 0 Å². The Balaban J connectivity index is 1.54. The van der Waals surface area contributed by atoms with Crippen molar-refractivity contribution >= 4 is 0 Å². The summed E-state index contributed by atoms with van der Waals surface area (Å²) < 4.78 is 0. The van der Waals surface area contributed by atoms with E-state index in [1.807, 2.05) is 5.57 Å². The van der Waals surface area contributed by atoms with E-state index in [-0.39, 0.29) is 6.10 Å². The smallest absolute Gasteiger partial charge is 0.0543 e. The molecule has 1 unspecified atom stereocenters. The van der Waals surface area contributed by atoms with Crippen molar-refractivity contribution in [1.82, 2.24) is 0 Å². The highest BCUT2D eigenvalue weighted by atomic mass is 16.3. The van der Waals surface area contributed by atoms with Crippen LogP contribution in [0.2, 0.25) is 0 Å². The van der Waals surface area contributed by atoms with Crippen molar-refractivity contribution < 1.29 is 5.11 Å². The first-order chi connectivity index (χ1) is 13.7. The Labute approximate surface area is 180 Å². The number of hydrogen-bond acceptors (Lipinski definition) is 1. The van der Waals surface area contributed by atoms with E-state index < -0.39 is 0 Å². The van der Waals surface area contributed by atoms with Crippen molar-refractivity contribution in [1.29, 1.82) is 0 Å². The van der Waals surface area contributed by atoms with Gasteiger partial charge in [-0.3, -0.25) is 0 Å². The van der Waals surface area contributed by atoms with Gasteiger partial charge in [0.1, 0.15) is 0 Å². The molecule has 0 aliphatic heterocycles. The van der Waals surface area contributed by atoms with Crippen LogP contribution in [0, 0.1) is 52.3 Å². The molecule has 0 amide bonds. The van der Waals surface area contributed by atoms with Gasteiger partial charge in [-0.05, 0) is 104 Å². The van der Waals surface area contributed by atoms with Crippen molar-refractivity contribution in [3.05, 3.63) is 23.8 Å². The number of rotatable bonds is 4. The fourth-order valence-electron chi connectivity index (χ4n) is 8.10. The third kappa shape index (κ3) is 3.58. The van der Waals surface area contributed by atoms with E-state index in [0.29, 0.717) is 28.6 Å². The van der Waals surface area contributed by atoms with E-state index in [1.165, 1.54) is 38.5 Å². The number of hydrogen-bond donors (Lipinski definition) is 1. The van der Waals surface area contributed by atoms with Crippen LogP contribution in [0.5, 0.6) is 0 Å². The van der Waals surface area contributed by atoms with Crippen LogP contribution in [0.4, 0.5) is 0 Å². The number of allylic oxidation sites excluding steroid dienone is 4. The molecule has 0 spiro atoms. The first-order valence-electron chi connectivity index (χ1n) is 12.7. The van der Waals surface area contributed by atoms with Gasteiger partial charge in [0.05, 0.1) is 6.10 Å². The Morgan fingerprint density at radius 1 is 0.931 bits per heavy atom. The molecule has 0 aromatic rings. The van der Waals surface area contributed by atoms with Gasteiger partial charge in [0, 0.05) is 0 Å². The van der Waals surface area contributed by atoms with Crippen molar-refractivity contribution in [2.45, 2.75) is 99.0 Å². The topological polar surface area (TPSA) is 20.2 Å². The summed E-state index contributed by atoms with van der Waals surface area (Å²) in [5.41, 5.74) is 2.79. The van der Waals surface area contributed by atoms with Gasteiger partial charge in [-0.15, -0.1) is 0 Å². The molecular weight excluding hydrogens is 352 g/mol. The van der Waals surface area contributed by atoms with E-state index in [0.717, 1.165) is 36.5 Å². The zero-order valence-corrected chi connectivity index (χ0v) is 20.0. The predicted molar refractivity (Wildman–Crippen MR) is 124 cm³/mol. The standard InChI is InChI=1S/C28H46O/c1-18(2)19(3)7-8-20(4)24-11-12-25-23-10-9-21-17-22(29)13-15-27(21,5)26(23)14-16-28(24,25)6/h7-8,10,18-22,24-26,29H,9,11-17H2,1-6H3/b8-7-/t19-,20-,21?,22+,24-,25+,26+,27+,28-/m1/s1. The lowest BCUT2D eigenvalue weighted by molar-refractivity contribution is -0.0414. The summed E-state index contributed by atoms with van der Waals surface area (Å²) in [7, 11) is 0. The first kappa shape index (κ1) is 21.7. The lowest BCUT2D eigenvalue weighted by Gasteiger charge is -2.57. The van der Waals surface area contributed by atoms with Gasteiger partial charge >= 0.3 is 0 Å². The van der Waals surface area contributed by atoms with E-state index in [1.54, 1.807) is 0 Å². The fourth-order valence-corrected chi connectivity index (χ4v) is 8.10. The Kier molecular flexibility index (Phi) is 5.86. The minimum Gasteiger partial charge on any atom is -0.393 e. The summed E-state index contributed by atoms with van der Waals surface area (Å²) in [5, 5.41) is 10.2. The fraction of sp³-hybridized carbons (Fsp3) is 0.857. The van der Waals surface area contributed by atoms with Gasteiger partial charge in [-0.1, -0.05) is 65.3 Å². The summed E-state index contributed by atoms with van der Waals surface area (Å²) in [4.78, 5) is 0. The number of fused-ring (bicyclic) bond motifs is 5. The molecule has 0 aromatic heterocycles. The lowest BCUT2D eigenvalue weighted by atomic mass is 9.47. The second-order valence-corrected chi connectivity index (χ2v) is 12.3. The highest BCUT2D eigenvalue weighted by Crippen LogP contribution is 2.66. The largest absolute Gasteiger partial charge is 0.393 e. The van der Waals surface area contributed by atoms with Crippen molar-refractivity contribution in [2.24, 2.45) is 52.3 Å². The minimum absolute atomic E-state index is 0.0476. The van der Waals surface area contributed by atoms with Crippen LogP contribution in [0.3, 0.4) is 0 Å². The molecule has 29 heavy (non-hydrogen) atoms. The van der Waals surface area contributed by atoms with E-state index >= 15 is 0 Å². The number of aliphatic hydroxyl groups is 1. The Morgan fingerprint density at radius 2 is 1.62 bits per heavy atom. The molecular formula is C28H46O. The van der Waals surface area contributed by atoms with Crippen LogP contribution in [0.1, 0.15) is 92.9 Å². The zero-order chi connectivity index (χ0) is 21.0. The first-order valence-corrected chi connectivity index (χ1v) is 12.7. The molecule has 1 N–H and O–H groups in total. The molecule has 0 saturated heterocycles. The Hall–Kier alpha value is -0.560. The Bertz CT molecular complexity index is 659. The summed E-state index contributed by atoms with van der Waals surface area (Å²) >= 11 is 0. The van der Waals surface area contributed by atoms with E-state index in [4.69, 9.17) is 0 Å². The molecule has 0 heterocycles. The van der Waals surface area contributed by atoms with Gasteiger partial charge in [-0.2, -0.15) is 0 Å². The Morgan fingerprint density at radius 3 is 2.34 bits per heavy atom. The third-order valence-electron chi connectivity index (χ3n) is 10.5. The van der Waals surface area contributed by atoms with Gasteiger partial charge < -0.3 is 5.11 Å². The molecule has 1 heteroatoms. The van der Waals surface area contributed by atoms with Crippen LogP contribution >= 0.6 is 0 Å². The highest BCUT2D eigenvalue weighted by molar-refractivity contribution is 5.28. The van der Waals surface area contributed by atoms with Crippen LogP contribution in [-0.2, 0) is 0 Å². The maximum atomic E-state index is 10.2. The molecule has 164 valence electrons. The molecule has 0 radical (unpaired) electrons. The van der Waals surface area contributed by atoms with Crippen molar-refractivity contribution in [3.63, 3.8) is 0 Å². The van der Waals surface area contributed by atoms with E-state index in [2.05, 4.69) is 59.8 Å². The van der Waals surface area contributed by atoms with E-state index in [9.17, 15) is 5.11 Å². The molecule has 3 saturated carbocycles. The highest BCUT2D eigenvalue weighted by Gasteiger charge is 2.57. The average Bonchev–Trinajstić information content (AvgIpc) is 3.03. The average molecular weight is 399 g/mol. The molecule has 4 aliphatic rings. The second kappa shape index (κ2) is 7.85. The van der Waals surface area contributed by atoms with Gasteiger partial charge in [-0.25, -0.2) is 0 Å². The SMILES string of the molecule is CC(C)[C@H](C)/C=C\[C@@H](C)[C@H]1CC[C@H]2C3=CCC4C[C@@H](O)CC[C@]4(C)[C@H]3CC[C@]12C. The van der Waals surface area contributed by atoms with Gasteiger partial charge in [0.2, 0.25) is 0 Å². The minimum atomic E-state index is -0.0476. The molecule has 3 fully saturated rings. The second-order valence-electron chi connectivity index (χ2n) is 12.3. The lowest BCUT2D eigenvalue weighted by Crippen LogP contribution is -2.49. The zero-order valence-electron chi connectivity index (χ0n) is 20.0. The monoisotopic (exact) mass is 398 g/mol. The van der Waals surface area contributed by atoms with Crippen LogP contribution in [0.15, 0.2) is 23.8 Å². The van der Waals surface area contributed by atoms with Gasteiger partial charge in [0.15, 0.2) is 0 Å². The normalized spacial score (nSPS) is 46.8. The third-order valence-corrected chi connectivity index (χ3v) is 10.5. The van der Waals surface area contributed by atoms with Crippen LogP contribution in [0.25, 0.3) is 0 Å². The molecule has 0 aromatic carbocycles. The molecule has 1 nitrogen and oxygen atoms in total.